The van der Waals surface area contributed by atoms with Gasteiger partial charge in [-0.1, -0.05) is 85.7 Å². The molecule has 1 aliphatic carbocycles. The van der Waals surface area contributed by atoms with Crippen molar-refractivity contribution in [2.24, 2.45) is 5.92 Å². The maximum atomic E-state index is 13.6. The Balaban J connectivity index is 1.58. The predicted molar refractivity (Wildman–Crippen MR) is 199 cm³/mol. The van der Waals surface area contributed by atoms with Crippen LogP contribution in [0.25, 0.3) is 0 Å². The van der Waals surface area contributed by atoms with Crippen molar-refractivity contribution in [2.75, 3.05) is 19.8 Å². The maximum absolute atomic E-state index is 13.6. The van der Waals surface area contributed by atoms with Crippen LogP contribution in [0.4, 0.5) is 9.59 Å². The molecule has 0 aromatic heterocycles. The van der Waals surface area contributed by atoms with Crippen LogP contribution in [0.2, 0.25) is 0 Å². The SMILES string of the molecule is C=CC[C@@H](CC(=O)NC1(CO)CCCC1)C(=O)N[C@@H](CCCCNC(=O)OCc1ccccc1)COC(=O)[C@@H](CC=C)NC(=O)OCc1ccccc1. The van der Waals surface area contributed by atoms with E-state index in [0.29, 0.717) is 38.6 Å². The lowest BCUT2D eigenvalue weighted by Crippen LogP contribution is -2.50. The molecule has 0 saturated heterocycles. The highest BCUT2D eigenvalue weighted by atomic mass is 16.6. The van der Waals surface area contributed by atoms with Gasteiger partial charge in [0.05, 0.1) is 24.1 Å². The molecule has 4 amide bonds. The van der Waals surface area contributed by atoms with Crippen molar-refractivity contribution < 1.29 is 43.3 Å². The number of nitrogens with one attached hydrogen (secondary N) is 4. The topological polar surface area (TPSA) is 181 Å². The van der Waals surface area contributed by atoms with Gasteiger partial charge in [0.15, 0.2) is 0 Å². The van der Waals surface area contributed by atoms with E-state index in [1.54, 1.807) is 18.2 Å². The number of unbranched alkanes of at least 4 members (excludes halogenated alkanes) is 1. The van der Waals surface area contributed by atoms with Crippen LogP contribution in [0, 0.1) is 5.92 Å². The van der Waals surface area contributed by atoms with Crippen LogP contribution in [0.5, 0.6) is 0 Å². The Kier molecular flexibility index (Phi) is 18.7. The molecule has 53 heavy (non-hydrogen) atoms. The molecule has 0 unspecified atom stereocenters. The number of carbonyl (C=O) groups is 5. The lowest BCUT2D eigenvalue weighted by molar-refractivity contribution is -0.147. The summed E-state index contributed by atoms with van der Waals surface area (Å²) in [4.78, 5) is 64.4. The van der Waals surface area contributed by atoms with Gasteiger partial charge in [0.25, 0.3) is 0 Å². The molecule has 0 radical (unpaired) electrons. The van der Waals surface area contributed by atoms with Gasteiger partial charge >= 0.3 is 18.2 Å². The lowest BCUT2D eigenvalue weighted by atomic mass is 9.95. The molecule has 0 aliphatic heterocycles. The molecule has 1 aliphatic rings. The molecule has 13 heteroatoms. The van der Waals surface area contributed by atoms with Crippen molar-refractivity contribution >= 4 is 30.0 Å². The van der Waals surface area contributed by atoms with Crippen molar-refractivity contribution in [3.63, 3.8) is 0 Å². The van der Waals surface area contributed by atoms with Crippen molar-refractivity contribution in [3.8, 4) is 0 Å². The number of aliphatic hydroxyl groups is 1. The number of hydrogen-bond acceptors (Lipinski definition) is 9. The fourth-order valence-corrected chi connectivity index (χ4v) is 6.00. The second-order valence-electron chi connectivity index (χ2n) is 13.2. The number of carbonyl (C=O) groups excluding carboxylic acids is 5. The smallest absolute Gasteiger partial charge is 0.408 e. The van der Waals surface area contributed by atoms with Crippen LogP contribution >= 0.6 is 0 Å². The highest BCUT2D eigenvalue weighted by molar-refractivity contribution is 5.86. The van der Waals surface area contributed by atoms with E-state index in [0.717, 1.165) is 24.0 Å². The van der Waals surface area contributed by atoms with E-state index >= 15 is 0 Å². The number of rotatable bonds is 23. The monoisotopic (exact) mass is 734 g/mol. The Labute approximate surface area is 311 Å². The summed E-state index contributed by atoms with van der Waals surface area (Å²) < 4.78 is 16.1. The van der Waals surface area contributed by atoms with Gasteiger partial charge in [-0.25, -0.2) is 14.4 Å². The maximum Gasteiger partial charge on any atom is 0.408 e. The summed E-state index contributed by atoms with van der Waals surface area (Å²) in [6.07, 6.45) is 6.47. The third kappa shape index (κ3) is 15.9. The van der Waals surface area contributed by atoms with Gasteiger partial charge in [-0.05, 0) is 56.1 Å². The number of benzene rings is 2. The molecule has 0 spiro atoms. The molecule has 2 aromatic carbocycles. The molecule has 5 N–H and O–H groups in total. The quantitative estimate of drug-likeness (QED) is 0.0455. The second kappa shape index (κ2) is 23.4. The molecule has 288 valence electrons. The van der Waals surface area contributed by atoms with Crippen LogP contribution in [0.3, 0.4) is 0 Å². The van der Waals surface area contributed by atoms with E-state index in [9.17, 15) is 29.1 Å². The molecule has 3 atom stereocenters. The lowest BCUT2D eigenvalue weighted by Gasteiger charge is -2.29. The fraction of sp³-hybridized carbons (Fsp3) is 0.475. The third-order valence-electron chi connectivity index (χ3n) is 8.95. The first-order valence-corrected chi connectivity index (χ1v) is 18.2. The minimum Gasteiger partial charge on any atom is -0.462 e. The summed E-state index contributed by atoms with van der Waals surface area (Å²) in [6, 6.07) is 16.7. The normalized spacial score (nSPS) is 14.7. The molecule has 13 nitrogen and oxygen atoms in total. The van der Waals surface area contributed by atoms with Gasteiger partial charge < -0.3 is 40.6 Å². The van der Waals surface area contributed by atoms with Gasteiger partial charge in [-0.2, -0.15) is 0 Å². The summed E-state index contributed by atoms with van der Waals surface area (Å²) in [6.45, 7) is 7.50. The first-order chi connectivity index (χ1) is 25.7. The van der Waals surface area contributed by atoms with Crippen molar-refractivity contribution in [3.05, 3.63) is 97.1 Å². The zero-order valence-corrected chi connectivity index (χ0v) is 30.4. The summed E-state index contributed by atoms with van der Waals surface area (Å²) in [5, 5.41) is 21.0. The zero-order valence-electron chi connectivity index (χ0n) is 30.4. The van der Waals surface area contributed by atoms with Gasteiger partial charge in [-0.15, -0.1) is 13.2 Å². The van der Waals surface area contributed by atoms with Crippen molar-refractivity contribution in [1.82, 2.24) is 21.3 Å². The number of esters is 1. The first-order valence-electron chi connectivity index (χ1n) is 18.2. The summed E-state index contributed by atoms with van der Waals surface area (Å²) in [5.41, 5.74) is 0.973. The molecule has 0 heterocycles. The van der Waals surface area contributed by atoms with Crippen molar-refractivity contribution in [1.29, 1.82) is 0 Å². The van der Waals surface area contributed by atoms with Crippen LogP contribution in [-0.2, 0) is 41.8 Å². The van der Waals surface area contributed by atoms with Crippen LogP contribution in [0.1, 0.15) is 75.3 Å². The predicted octanol–water partition coefficient (Wildman–Crippen LogP) is 4.99. The van der Waals surface area contributed by atoms with Crippen molar-refractivity contribution in [2.45, 2.75) is 95.0 Å². The fourth-order valence-electron chi connectivity index (χ4n) is 6.00. The second-order valence-corrected chi connectivity index (χ2v) is 13.2. The number of allylic oxidation sites excluding steroid dienone is 1. The average molecular weight is 735 g/mol. The summed E-state index contributed by atoms with van der Waals surface area (Å²) in [7, 11) is 0. The minimum absolute atomic E-state index is 0.0150. The van der Waals surface area contributed by atoms with Crippen LogP contribution < -0.4 is 21.3 Å². The number of hydrogen-bond donors (Lipinski definition) is 5. The first kappa shape index (κ1) is 42.2. The minimum atomic E-state index is -1.08. The number of amides is 4. The van der Waals surface area contributed by atoms with E-state index in [1.165, 1.54) is 6.08 Å². The summed E-state index contributed by atoms with van der Waals surface area (Å²) >= 11 is 0. The molecule has 3 rings (SSSR count). The Hall–Kier alpha value is -5.17. The van der Waals surface area contributed by atoms with Crippen LogP contribution in [0.15, 0.2) is 86.0 Å². The Morgan fingerprint density at radius 1 is 0.792 bits per heavy atom. The third-order valence-corrected chi connectivity index (χ3v) is 8.95. The number of aliphatic hydroxyl groups excluding tert-OH is 1. The molecule has 2 aromatic rings. The molecule has 1 fully saturated rings. The van der Waals surface area contributed by atoms with Gasteiger partial charge in [-0.3, -0.25) is 9.59 Å². The Morgan fingerprint density at radius 2 is 1.40 bits per heavy atom. The van der Waals surface area contributed by atoms with E-state index in [4.69, 9.17) is 14.2 Å². The molecule has 0 bridgehead atoms. The van der Waals surface area contributed by atoms with E-state index in [1.807, 2.05) is 48.5 Å². The zero-order chi connectivity index (χ0) is 38.3. The van der Waals surface area contributed by atoms with Gasteiger partial charge in [0, 0.05) is 13.0 Å². The highest BCUT2D eigenvalue weighted by Crippen LogP contribution is 2.29. The average Bonchev–Trinajstić information content (AvgIpc) is 3.64. The molecule has 1 saturated carbocycles. The van der Waals surface area contributed by atoms with E-state index < -0.39 is 47.6 Å². The number of ether oxygens (including phenoxy) is 3. The Morgan fingerprint density at radius 3 is 1.98 bits per heavy atom. The highest BCUT2D eigenvalue weighted by Gasteiger charge is 2.35. The Bertz CT molecular complexity index is 1470. The largest absolute Gasteiger partial charge is 0.462 e. The molecular formula is C40H54N4O9. The van der Waals surface area contributed by atoms with Gasteiger partial charge in [0.2, 0.25) is 11.8 Å². The number of alkyl carbamates (subject to hydrolysis) is 2. The molecular weight excluding hydrogens is 680 g/mol. The van der Waals surface area contributed by atoms with E-state index in [-0.39, 0.29) is 51.6 Å². The standard InChI is InChI=1S/C40H54N4O9/c1-3-15-32(25-35(46)44-40(29-45)22-12-13-23-40)36(47)42-33(21-11-14-24-41-38(49)52-26-30-17-7-5-8-18-30)28-51-37(48)34(16-4-2)43-39(50)53-27-31-19-9-6-10-20-31/h3-10,17-20,32-34,45H,1-2,11-16,21-29H2,(H,41,49)(H,42,47)(H,43,50)(H,44,46)/t32-,33-,34+/m0/s1. The van der Waals surface area contributed by atoms with E-state index in [2.05, 4.69) is 34.4 Å². The van der Waals surface area contributed by atoms with Crippen LogP contribution in [-0.4, -0.2) is 72.5 Å². The van der Waals surface area contributed by atoms with Gasteiger partial charge in [0.1, 0.15) is 25.9 Å². The summed E-state index contributed by atoms with van der Waals surface area (Å²) in [5.74, 6) is -2.25.